The van der Waals surface area contributed by atoms with Crippen molar-refractivity contribution in [2.24, 2.45) is 5.14 Å². The van der Waals surface area contributed by atoms with Gasteiger partial charge < -0.3 is 10.1 Å². The summed E-state index contributed by atoms with van der Waals surface area (Å²) in [6.45, 7) is 3.61. The Balaban J connectivity index is 2.17. The zero-order valence-corrected chi connectivity index (χ0v) is 15.3. The van der Waals surface area contributed by atoms with Crippen molar-refractivity contribution in [2.75, 3.05) is 0 Å². The fraction of sp³-hybridized carbons (Fsp3) is 0.250. The molecule has 0 fully saturated rings. The summed E-state index contributed by atoms with van der Waals surface area (Å²) in [4.78, 5) is 16.3. The topological polar surface area (TPSA) is 111 Å². The minimum Gasteiger partial charge on any atom is -0.474 e. The van der Waals surface area contributed by atoms with Gasteiger partial charge in [0, 0.05) is 6.54 Å². The van der Waals surface area contributed by atoms with Crippen LogP contribution in [0.15, 0.2) is 41.3 Å². The van der Waals surface area contributed by atoms with E-state index in [-0.39, 0.29) is 29.1 Å². The van der Waals surface area contributed by atoms with Crippen LogP contribution in [0.5, 0.6) is 5.88 Å². The molecule has 134 valence electrons. The molecule has 0 aliphatic rings. The Labute approximate surface area is 151 Å². The van der Waals surface area contributed by atoms with Gasteiger partial charge in [0.25, 0.3) is 5.91 Å². The molecule has 0 spiro atoms. The van der Waals surface area contributed by atoms with Crippen molar-refractivity contribution in [1.82, 2.24) is 10.3 Å². The van der Waals surface area contributed by atoms with Crippen LogP contribution >= 0.6 is 11.6 Å². The molecule has 9 heteroatoms. The van der Waals surface area contributed by atoms with Gasteiger partial charge in [-0.3, -0.25) is 4.79 Å². The lowest BCUT2D eigenvalue weighted by molar-refractivity contribution is 0.0943. The van der Waals surface area contributed by atoms with E-state index in [9.17, 15) is 13.2 Å². The van der Waals surface area contributed by atoms with E-state index in [4.69, 9.17) is 21.5 Å². The first-order valence-corrected chi connectivity index (χ1v) is 9.33. The fourth-order valence-electron chi connectivity index (χ4n) is 2.05. The first-order valence-electron chi connectivity index (χ1n) is 7.40. The quantitative estimate of drug-likeness (QED) is 0.793. The molecule has 25 heavy (non-hydrogen) atoms. The van der Waals surface area contributed by atoms with Crippen LogP contribution in [0.2, 0.25) is 5.02 Å². The minimum atomic E-state index is -3.88. The van der Waals surface area contributed by atoms with Gasteiger partial charge in [-0.05, 0) is 37.6 Å². The van der Waals surface area contributed by atoms with E-state index in [1.807, 2.05) is 13.8 Å². The van der Waals surface area contributed by atoms with Crippen molar-refractivity contribution in [2.45, 2.75) is 31.4 Å². The number of amides is 1. The molecule has 3 N–H and O–H groups in total. The number of hydrogen-bond donors (Lipinski definition) is 2. The Morgan fingerprint density at radius 1 is 1.28 bits per heavy atom. The standard InChI is InChI=1S/C16H18ClN3O4S/c1-10(2)24-16-12(17)7-8-13(20-16)15(21)19-9-11-5-3-4-6-14(11)25(18,22)23/h3-8,10H,9H2,1-2H3,(H,19,21)(H2,18,22,23). The normalized spacial score (nSPS) is 11.4. The second kappa shape index (κ2) is 7.81. The molecule has 0 aliphatic carbocycles. The number of pyridine rings is 1. The number of halogens is 1. The van der Waals surface area contributed by atoms with Crippen LogP contribution in [0.25, 0.3) is 0 Å². The molecular formula is C16H18ClN3O4S. The van der Waals surface area contributed by atoms with Crippen molar-refractivity contribution in [3.63, 3.8) is 0 Å². The van der Waals surface area contributed by atoms with Crippen LogP contribution in [0.1, 0.15) is 29.9 Å². The van der Waals surface area contributed by atoms with Crippen molar-refractivity contribution in [3.05, 3.63) is 52.7 Å². The predicted octanol–water partition coefficient (Wildman–Crippen LogP) is 2.10. The fourth-order valence-corrected chi connectivity index (χ4v) is 2.97. The number of carbonyl (C=O) groups excluding carboxylic acids is 1. The Kier molecular flexibility index (Phi) is 5.99. The summed E-state index contributed by atoms with van der Waals surface area (Å²) in [6, 6.07) is 9.14. The highest BCUT2D eigenvalue weighted by molar-refractivity contribution is 7.89. The molecular weight excluding hydrogens is 366 g/mol. The van der Waals surface area contributed by atoms with Gasteiger partial charge in [0.1, 0.15) is 10.7 Å². The van der Waals surface area contributed by atoms with Crippen LogP contribution < -0.4 is 15.2 Å². The number of nitrogens with zero attached hydrogens (tertiary/aromatic N) is 1. The van der Waals surface area contributed by atoms with Gasteiger partial charge in [-0.15, -0.1) is 0 Å². The summed E-state index contributed by atoms with van der Waals surface area (Å²) in [6.07, 6.45) is -0.148. The Hall–Kier alpha value is -2.16. The predicted molar refractivity (Wildman–Crippen MR) is 94.0 cm³/mol. The smallest absolute Gasteiger partial charge is 0.270 e. The largest absolute Gasteiger partial charge is 0.474 e. The molecule has 2 aromatic rings. The number of benzene rings is 1. The molecule has 1 aromatic carbocycles. The lowest BCUT2D eigenvalue weighted by atomic mass is 10.2. The van der Waals surface area contributed by atoms with Crippen molar-refractivity contribution in [3.8, 4) is 5.88 Å². The molecule has 0 aliphatic heterocycles. The third kappa shape index (κ3) is 5.15. The average molecular weight is 384 g/mol. The van der Waals surface area contributed by atoms with Crippen LogP contribution in [-0.4, -0.2) is 25.4 Å². The summed E-state index contributed by atoms with van der Waals surface area (Å²) in [7, 11) is -3.88. The van der Waals surface area contributed by atoms with Gasteiger partial charge in [0.05, 0.1) is 11.0 Å². The minimum absolute atomic E-state index is 0.0177. The van der Waals surface area contributed by atoms with E-state index in [0.717, 1.165) is 0 Å². The maximum Gasteiger partial charge on any atom is 0.270 e. The van der Waals surface area contributed by atoms with Gasteiger partial charge in [-0.25, -0.2) is 18.5 Å². The molecule has 7 nitrogen and oxygen atoms in total. The van der Waals surface area contributed by atoms with E-state index >= 15 is 0 Å². The summed E-state index contributed by atoms with van der Waals surface area (Å²) >= 11 is 5.99. The lowest BCUT2D eigenvalue weighted by Gasteiger charge is -2.12. The van der Waals surface area contributed by atoms with E-state index in [1.165, 1.54) is 18.2 Å². The molecule has 1 aromatic heterocycles. The highest BCUT2D eigenvalue weighted by Crippen LogP contribution is 2.23. The number of primary sulfonamides is 1. The third-order valence-electron chi connectivity index (χ3n) is 3.11. The van der Waals surface area contributed by atoms with Gasteiger partial charge in [0.2, 0.25) is 15.9 Å². The summed E-state index contributed by atoms with van der Waals surface area (Å²) in [5, 5.41) is 8.08. The Bertz CT molecular complexity index is 885. The summed E-state index contributed by atoms with van der Waals surface area (Å²) in [5.74, 6) is -0.330. The number of carbonyl (C=O) groups is 1. The molecule has 1 amide bonds. The van der Waals surface area contributed by atoms with Crippen molar-refractivity contribution < 1.29 is 17.9 Å². The number of nitrogens with two attached hydrogens (primary N) is 1. The Morgan fingerprint density at radius 2 is 1.96 bits per heavy atom. The van der Waals surface area contributed by atoms with Crippen LogP contribution in [0.4, 0.5) is 0 Å². The second-order valence-electron chi connectivity index (χ2n) is 5.49. The van der Waals surface area contributed by atoms with Gasteiger partial charge in [-0.2, -0.15) is 0 Å². The SMILES string of the molecule is CC(C)Oc1nc(C(=O)NCc2ccccc2S(N)(=O)=O)ccc1Cl. The second-order valence-corrected chi connectivity index (χ2v) is 7.42. The van der Waals surface area contributed by atoms with Crippen LogP contribution in [0.3, 0.4) is 0 Å². The van der Waals surface area contributed by atoms with E-state index in [0.29, 0.717) is 10.6 Å². The van der Waals surface area contributed by atoms with Gasteiger partial charge >= 0.3 is 0 Å². The van der Waals surface area contributed by atoms with Crippen molar-refractivity contribution >= 4 is 27.5 Å². The molecule has 0 saturated carbocycles. The molecule has 0 atom stereocenters. The monoisotopic (exact) mass is 383 g/mol. The highest BCUT2D eigenvalue weighted by atomic mass is 35.5. The lowest BCUT2D eigenvalue weighted by Crippen LogP contribution is -2.26. The van der Waals surface area contributed by atoms with Crippen molar-refractivity contribution in [1.29, 1.82) is 0 Å². The number of aromatic nitrogens is 1. The zero-order chi connectivity index (χ0) is 18.6. The van der Waals surface area contributed by atoms with Gasteiger partial charge in [0.15, 0.2) is 0 Å². The first kappa shape index (κ1) is 19.2. The number of ether oxygens (including phenoxy) is 1. The number of nitrogens with one attached hydrogen (secondary N) is 1. The molecule has 0 saturated heterocycles. The number of hydrogen-bond acceptors (Lipinski definition) is 5. The third-order valence-corrected chi connectivity index (χ3v) is 4.41. The molecule has 1 heterocycles. The molecule has 2 rings (SSSR count). The number of sulfonamides is 1. The summed E-state index contributed by atoms with van der Waals surface area (Å²) < 4.78 is 28.6. The van der Waals surface area contributed by atoms with Gasteiger partial charge in [-0.1, -0.05) is 29.8 Å². The van der Waals surface area contributed by atoms with E-state index in [2.05, 4.69) is 10.3 Å². The molecule has 0 bridgehead atoms. The maximum absolute atomic E-state index is 12.3. The first-order chi connectivity index (χ1) is 11.7. The van der Waals surface area contributed by atoms with Crippen LogP contribution in [-0.2, 0) is 16.6 Å². The van der Waals surface area contributed by atoms with Crippen LogP contribution in [0, 0.1) is 0 Å². The Morgan fingerprint density at radius 3 is 2.60 bits per heavy atom. The maximum atomic E-state index is 12.3. The zero-order valence-electron chi connectivity index (χ0n) is 13.7. The van der Waals surface area contributed by atoms with E-state index < -0.39 is 15.9 Å². The number of rotatable bonds is 6. The molecule has 0 unspecified atom stereocenters. The average Bonchev–Trinajstić information content (AvgIpc) is 2.53. The highest BCUT2D eigenvalue weighted by Gasteiger charge is 2.16. The van der Waals surface area contributed by atoms with E-state index in [1.54, 1.807) is 18.2 Å². The summed E-state index contributed by atoms with van der Waals surface area (Å²) in [5.41, 5.74) is 0.485. The molecule has 0 radical (unpaired) electrons.